The summed E-state index contributed by atoms with van der Waals surface area (Å²) < 4.78 is 0. The second-order valence-corrected chi connectivity index (χ2v) is 6.27. The largest absolute Gasteiger partial charge is 0.312 e. The van der Waals surface area contributed by atoms with Crippen molar-refractivity contribution in [2.75, 3.05) is 21.1 Å². The first-order chi connectivity index (χ1) is 11.9. The van der Waals surface area contributed by atoms with Crippen molar-refractivity contribution in [1.82, 2.24) is 4.90 Å². The third kappa shape index (κ3) is 5.16. The number of fused-ring (bicyclic) bond motifs is 1. The lowest BCUT2D eigenvalue weighted by molar-refractivity contribution is -0.384. The van der Waals surface area contributed by atoms with Crippen LogP contribution in [0.3, 0.4) is 0 Å². The van der Waals surface area contributed by atoms with Gasteiger partial charge in [-0.15, -0.1) is 0 Å². The van der Waals surface area contributed by atoms with Gasteiger partial charge in [-0.2, -0.15) is 0 Å². The first-order valence-corrected chi connectivity index (χ1v) is 7.98. The average molecular weight is 332 g/mol. The number of benzene rings is 3. The van der Waals surface area contributed by atoms with Crippen LogP contribution in [-0.2, 0) is 0 Å². The third-order valence-corrected chi connectivity index (χ3v) is 3.60. The van der Waals surface area contributed by atoms with Crippen molar-refractivity contribution < 1.29 is 4.92 Å². The van der Waals surface area contributed by atoms with Gasteiger partial charge in [-0.1, -0.05) is 54.6 Å². The molecule has 0 bridgehead atoms. The Morgan fingerprint density at radius 2 is 1.40 bits per heavy atom. The predicted molar refractivity (Wildman–Crippen MR) is 104 cm³/mol. The summed E-state index contributed by atoms with van der Waals surface area (Å²) in [4.78, 5) is 12.3. The van der Waals surface area contributed by atoms with Crippen molar-refractivity contribution in [1.29, 1.82) is 0 Å². The zero-order valence-electron chi connectivity index (χ0n) is 14.7. The number of nitro groups is 1. The molecule has 0 N–H and O–H groups in total. The van der Waals surface area contributed by atoms with E-state index in [1.165, 1.54) is 12.1 Å². The van der Waals surface area contributed by atoms with Crippen molar-refractivity contribution in [2.45, 2.75) is 5.82 Å². The van der Waals surface area contributed by atoms with Crippen LogP contribution in [0, 0.1) is 10.1 Å². The fraction of sp³-hybridized carbons (Fsp3) is 0.200. The number of hydrogen-bond acceptors (Lipinski definition) is 3. The highest BCUT2D eigenvalue weighted by Crippen LogP contribution is 2.26. The summed E-state index contributed by atoms with van der Waals surface area (Å²) in [5.41, 5.74) is 1.92. The van der Waals surface area contributed by atoms with E-state index in [1.54, 1.807) is 12.1 Å². The number of non-ortho nitro benzene ring substituents is 1. The lowest BCUT2D eigenvalue weighted by Gasteiger charge is -2.13. The van der Waals surface area contributed by atoms with E-state index < -0.39 is 4.92 Å². The molecule has 4 nitrogen and oxygen atoms in total. The van der Waals surface area contributed by atoms with Gasteiger partial charge in [-0.05, 0) is 48.9 Å². The number of nitrogens with zero attached hydrogens (tertiary/aromatic N) is 2. The van der Waals surface area contributed by atoms with Crippen molar-refractivity contribution in [3.05, 3.63) is 88.0 Å². The molecule has 25 heavy (non-hydrogen) atoms. The lowest BCUT2D eigenvalue weighted by Crippen LogP contribution is -2.00. The molecule has 3 aromatic carbocycles. The summed E-state index contributed by atoms with van der Waals surface area (Å²) >= 11 is 0. The van der Waals surface area contributed by atoms with Crippen molar-refractivity contribution in [2.24, 2.45) is 0 Å². The predicted octanol–water partition coefficient (Wildman–Crippen LogP) is 4.18. The maximum atomic E-state index is 10.7. The molecule has 0 saturated carbocycles. The highest BCUT2D eigenvalue weighted by atomic mass is 16.6. The van der Waals surface area contributed by atoms with E-state index >= 15 is 0 Å². The molecular formula is C20H21BN2O2. The smallest absolute Gasteiger partial charge is 0.269 e. The molecule has 0 aliphatic carbocycles. The normalized spacial score (nSPS) is 11.7. The van der Waals surface area contributed by atoms with Gasteiger partial charge in [0.15, 0.2) is 0 Å². The molecule has 126 valence electrons. The summed E-state index contributed by atoms with van der Waals surface area (Å²) in [5.74, 6) is -0.296. The van der Waals surface area contributed by atoms with E-state index in [4.69, 9.17) is 7.85 Å². The average Bonchev–Trinajstić information content (AvgIpc) is 2.60. The minimum Gasteiger partial charge on any atom is -0.312 e. The molecule has 0 amide bonds. The molecule has 3 aromatic rings. The standard InChI is InChI=1S/C17H12BNO2.C3H9N/c18-17(13-7-9-16(10-8-13)19(20)21)15-6-5-12-3-1-2-4-14(12)11-15;1-4(2)3/h1-11,17H;1-3H3. The molecule has 1 unspecified atom stereocenters. The highest BCUT2D eigenvalue weighted by molar-refractivity contribution is 6.14. The summed E-state index contributed by atoms with van der Waals surface area (Å²) in [6.07, 6.45) is 0. The Kier molecular flexibility index (Phi) is 6.31. The zero-order chi connectivity index (χ0) is 18.4. The van der Waals surface area contributed by atoms with Gasteiger partial charge in [0.25, 0.3) is 5.69 Å². The topological polar surface area (TPSA) is 46.4 Å². The van der Waals surface area contributed by atoms with E-state index in [-0.39, 0.29) is 11.5 Å². The maximum Gasteiger partial charge on any atom is 0.269 e. The molecule has 5 heteroatoms. The van der Waals surface area contributed by atoms with Gasteiger partial charge >= 0.3 is 0 Å². The maximum absolute atomic E-state index is 10.7. The molecule has 0 fully saturated rings. The fourth-order valence-corrected chi connectivity index (χ4v) is 2.40. The molecule has 0 aliphatic rings. The minimum absolute atomic E-state index is 0.0736. The number of hydrogen-bond donors (Lipinski definition) is 0. The number of nitro benzene ring substituents is 1. The Morgan fingerprint density at radius 3 is 1.96 bits per heavy atom. The first-order valence-electron chi connectivity index (χ1n) is 7.98. The Labute approximate surface area is 149 Å². The molecular weight excluding hydrogens is 311 g/mol. The van der Waals surface area contributed by atoms with Crippen LogP contribution in [-0.4, -0.2) is 38.8 Å². The van der Waals surface area contributed by atoms with Crippen LogP contribution in [0.25, 0.3) is 10.8 Å². The summed E-state index contributed by atoms with van der Waals surface area (Å²) in [7, 11) is 12.3. The van der Waals surface area contributed by atoms with Gasteiger partial charge < -0.3 is 4.90 Å². The third-order valence-electron chi connectivity index (χ3n) is 3.60. The van der Waals surface area contributed by atoms with Crippen LogP contribution in [0.1, 0.15) is 16.9 Å². The van der Waals surface area contributed by atoms with Crippen LogP contribution in [0.5, 0.6) is 0 Å². The van der Waals surface area contributed by atoms with E-state index in [0.717, 1.165) is 21.9 Å². The molecule has 0 aromatic heterocycles. The van der Waals surface area contributed by atoms with E-state index in [9.17, 15) is 10.1 Å². The van der Waals surface area contributed by atoms with Crippen LogP contribution in [0.4, 0.5) is 5.69 Å². The van der Waals surface area contributed by atoms with Gasteiger partial charge in [0.05, 0.1) is 12.8 Å². The van der Waals surface area contributed by atoms with Crippen molar-refractivity contribution in [3.8, 4) is 0 Å². The van der Waals surface area contributed by atoms with Crippen LogP contribution in [0.15, 0.2) is 66.7 Å². The highest BCUT2D eigenvalue weighted by Gasteiger charge is 2.11. The monoisotopic (exact) mass is 332 g/mol. The van der Waals surface area contributed by atoms with E-state index in [1.807, 2.05) is 56.4 Å². The second-order valence-electron chi connectivity index (χ2n) is 6.27. The van der Waals surface area contributed by atoms with E-state index in [2.05, 4.69) is 12.1 Å². The Hall–Kier alpha value is -2.66. The van der Waals surface area contributed by atoms with Crippen molar-refractivity contribution in [3.63, 3.8) is 0 Å². The summed E-state index contributed by atoms with van der Waals surface area (Å²) in [6, 6.07) is 20.5. The molecule has 1 atom stereocenters. The molecule has 0 aliphatic heterocycles. The first kappa shape index (κ1) is 18.7. The quantitative estimate of drug-likeness (QED) is 0.411. The van der Waals surface area contributed by atoms with Gasteiger partial charge in [-0.3, -0.25) is 10.1 Å². The Balaban J connectivity index is 0.000000511. The molecule has 0 saturated heterocycles. The minimum atomic E-state index is -0.411. The lowest BCUT2D eigenvalue weighted by atomic mass is 9.75. The summed E-state index contributed by atoms with van der Waals surface area (Å²) in [6.45, 7) is 0. The van der Waals surface area contributed by atoms with Gasteiger partial charge in [0, 0.05) is 12.1 Å². The fourth-order valence-electron chi connectivity index (χ4n) is 2.40. The Bertz CT molecular complexity index is 845. The SMILES string of the molecule is CN(C)C.[B]C(c1ccc([N+](=O)[O-])cc1)c1ccc2ccccc2c1. The zero-order valence-corrected chi connectivity index (χ0v) is 14.7. The summed E-state index contributed by atoms with van der Waals surface area (Å²) in [5, 5.41) is 13.0. The number of rotatable bonds is 3. The van der Waals surface area contributed by atoms with Crippen molar-refractivity contribution >= 4 is 24.3 Å². The van der Waals surface area contributed by atoms with Gasteiger partial charge in [0.1, 0.15) is 0 Å². The van der Waals surface area contributed by atoms with E-state index in [0.29, 0.717) is 0 Å². The molecule has 0 spiro atoms. The molecule has 2 radical (unpaired) electrons. The molecule has 3 rings (SSSR count). The van der Waals surface area contributed by atoms with Gasteiger partial charge in [0.2, 0.25) is 0 Å². The van der Waals surface area contributed by atoms with Crippen LogP contribution >= 0.6 is 0 Å². The molecule has 0 heterocycles. The van der Waals surface area contributed by atoms with Crippen LogP contribution in [0.2, 0.25) is 0 Å². The second kappa shape index (κ2) is 8.44. The Morgan fingerprint density at radius 1 is 0.880 bits per heavy atom. The van der Waals surface area contributed by atoms with Gasteiger partial charge in [-0.25, -0.2) is 0 Å². The van der Waals surface area contributed by atoms with Crippen LogP contribution < -0.4 is 0 Å².